The molecule has 1 atom stereocenters. The predicted molar refractivity (Wildman–Crippen MR) is 98.2 cm³/mol. The van der Waals surface area contributed by atoms with Gasteiger partial charge in [-0.25, -0.2) is 13.1 Å². The van der Waals surface area contributed by atoms with Gasteiger partial charge in [-0.1, -0.05) is 30.3 Å². The van der Waals surface area contributed by atoms with Gasteiger partial charge in [-0.05, 0) is 55.8 Å². The Morgan fingerprint density at radius 2 is 1.68 bits per heavy atom. The minimum Gasteiger partial charge on any atom is -0.497 e. The fourth-order valence-electron chi connectivity index (χ4n) is 3.21. The maximum Gasteiger partial charge on any atom is 0.240 e. The van der Waals surface area contributed by atoms with Crippen LogP contribution in [0.1, 0.15) is 24.4 Å². The van der Waals surface area contributed by atoms with Gasteiger partial charge in [-0.2, -0.15) is 0 Å². The molecule has 1 N–H and O–H groups in total. The molecule has 1 heterocycles. The number of hydrogen-bond donors (Lipinski definition) is 1. The van der Waals surface area contributed by atoms with Crippen LogP contribution in [0.2, 0.25) is 0 Å². The zero-order valence-electron chi connectivity index (χ0n) is 14.4. The molecule has 134 valence electrons. The average Bonchev–Trinajstić information content (AvgIpc) is 3.17. The van der Waals surface area contributed by atoms with Crippen molar-refractivity contribution >= 4 is 10.0 Å². The third-order valence-electron chi connectivity index (χ3n) is 4.60. The number of nitrogens with one attached hydrogen (secondary N) is 1. The van der Waals surface area contributed by atoms with Crippen molar-refractivity contribution in [3.8, 4) is 5.75 Å². The molecule has 2 aromatic rings. The number of sulfonamides is 1. The summed E-state index contributed by atoms with van der Waals surface area (Å²) in [6.07, 6.45) is 2.32. The first-order valence-corrected chi connectivity index (χ1v) is 10.0. The summed E-state index contributed by atoms with van der Waals surface area (Å²) in [5.74, 6) is 0.637. The van der Waals surface area contributed by atoms with E-state index in [4.69, 9.17) is 4.74 Å². The molecule has 3 rings (SSSR count). The van der Waals surface area contributed by atoms with E-state index in [1.54, 1.807) is 31.4 Å². The van der Waals surface area contributed by atoms with E-state index in [2.05, 4.69) is 21.8 Å². The van der Waals surface area contributed by atoms with E-state index in [0.717, 1.165) is 31.5 Å². The third-order valence-corrected chi connectivity index (χ3v) is 6.04. The van der Waals surface area contributed by atoms with Crippen LogP contribution in [0.15, 0.2) is 59.5 Å². The summed E-state index contributed by atoms with van der Waals surface area (Å²) in [6.45, 7) is 2.37. The number of benzene rings is 2. The molecule has 1 saturated heterocycles. The van der Waals surface area contributed by atoms with Crippen LogP contribution in [-0.4, -0.2) is 40.1 Å². The number of methoxy groups -OCH3 is 1. The SMILES string of the molecule is COc1ccc(S(=O)(=O)NC[C@@H](c2ccccc2)N2CCCC2)cc1. The van der Waals surface area contributed by atoms with E-state index in [1.165, 1.54) is 0 Å². The Bertz CT molecular complexity index is 770. The van der Waals surface area contributed by atoms with Gasteiger partial charge in [-0.15, -0.1) is 0 Å². The molecule has 0 aromatic heterocycles. The summed E-state index contributed by atoms with van der Waals surface area (Å²) in [6, 6.07) is 16.6. The maximum absolute atomic E-state index is 12.6. The molecule has 0 radical (unpaired) electrons. The van der Waals surface area contributed by atoms with Crippen LogP contribution in [-0.2, 0) is 10.0 Å². The van der Waals surface area contributed by atoms with E-state index < -0.39 is 10.0 Å². The summed E-state index contributed by atoms with van der Waals surface area (Å²) < 4.78 is 33.1. The molecule has 0 saturated carbocycles. The Labute approximate surface area is 149 Å². The first-order chi connectivity index (χ1) is 12.1. The van der Waals surface area contributed by atoms with E-state index in [0.29, 0.717) is 12.3 Å². The van der Waals surface area contributed by atoms with Gasteiger partial charge in [-0.3, -0.25) is 4.90 Å². The molecule has 0 amide bonds. The van der Waals surface area contributed by atoms with Crippen LogP contribution >= 0.6 is 0 Å². The van der Waals surface area contributed by atoms with E-state index in [-0.39, 0.29) is 10.9 Å². The second-order valence-corrected chi connectivity index (χ2v) is 7.96. The molecule has 2 aromatic carbocycles. The van der Waals surface area contributed by atoms with Gasteiger partial charge in [0, 0.05) is 12.6 Å². The molecule has 6 heteroatoms. The molecule has 0 bridgehead atoms. The molecular formula is C19H24N2O3S. The quantitative estimate of drug-likeness (QED) is 0.825. The average molecular weight is 360 g/mol. The fourth-order valence-corrected chi connectivity index (χ4v) is 4.25. The second-order valence-electron chi connectivity index (χ2n) is 6.20. The Kier molecular flexibility index (Phi) is 5.73. The van der Waals surface area contributed by atoms with Crippen molar-refractivity contribution in [1.82, 2.24) is 9.62 Å². The molecule has 5 nitrogen and oxygen atoms in total. The maximum atomic E-state index is 12.6. The van der Waals surface area contributed by atoms with Crippen molar-refractivity contribution in [2.75, 3.05) is 26.7 Å². The van der Waals surface area contributed by atoms with Crippen LogP contribution in [0.3, 0.4) is 0 Å². The smallest absolute Gasteiger partial charge is 0.240 e. The lowest BCUT2D eigenvalue weighted by atomic mass is 10.1. The summed E-state index contributed by atoms with van der Waals surface area (Å²) in [5.41, 5.74) is 1.14. The van der Waals surface area contributed by atoms with Gasteiger partial charge in [0.15, 0.2) is 0 Å². The van der Waals surface area contributed by atoms with E-state index >= 15 is 0 Å². The number of nitrogens with zero attached hydrogens (tertiary/aromatic N) is 1. The van der Waals surface area contributed by atoms with Crippen LogP contribution < -0.4 is 9.46 Å². The summed E-state index contributed by atoms with van der Waals surface area (Å²) in [7, 11) is -1.99. The van der Waals surface area contributed by atoms with Crippen LogP contribution in [0.5, 0.6) is 5.75 Å². The van der Waals surface area contributed by atoms with Gasteiger partial charge in [0.1, 0.15) is 5.75 Å². The van der Waals surface area contributed by atoms with Crippen LogP contribution in [0.25, 0.3) is 0 Å². The van der Waals surface area contributed by atoms with Gasteiger partial charge in [0.05, 0.1) is 12.0 Å². The predicted octanol–water partition coefficient (Wildman–Crippen LogP) is 2.81. The highest BCUT2D eigenvalue weighted by Crippen LogP contribution is 2.25. The Morgan fingerprint density at radius 3 is 2.28 bits per heavy atom. The van der Waals surface area contributed by atoms with Crippen LogP contribution in [0.4, 0.5) is 0 Å². The Morgan fingerprint density at radius 1 is 1.04 bits per heavy atom. The minimum atomic E-state index is -3.55. The number of ether oxygens (including phenoxy) is 1. The van der Waals surface area contributed by atoms with Gasteiger partial charge in [0.25, 0.3) is 0 Å². The van der Waals surface area contributed by atoms with Crippen molar-refractivity contribution < 1.29 is 13.2 Å². The molecule has 1 aliphatic heterocycles. The van der Waals surface area contributed by atoms with Gasteiger partial charge < -0.3 is 4.74 Å². The van der Waals surface area contributed by atoms with Crippen molar-refractivity contribution in [1.29, 1.82) is 0 Å². The fraction of sp³-hybridized carbons (Fsp3) is 0.368. The molecule has 0 aliphatic carbocycles. The number of likely N-dealkylation sites (tertiary alicyclic amines) is 1. The monoisotopic (exact) mass is 360 g/mol. The van der Waals surface area contributed by atoms with E-state index in [1.807, 2.05) is 18.2 Å². The molecule has 1 fully saturated rings. The summed E-state index contributed by atoms with van der Waals surface area (Å²) in [4.78, 5) is 2.60. The number of rotatable bonds is 7. The molecule has 0 spiro atoms. The minimum absolute atomic E-state index is 0.0525. The highest BCUT2D eigenvalue weighted by Gasteiger charge is 2.25. The first-order valence-electron chi connectivity index (χ1n) is 8.53. The Balaban J connectivity index is 1.75. The summed E-state index contributed by atoms with van der Waals surface area (Å²) in [5, 5.41) is 0. The zero-order chi connectivity index (χ0) is 17.7. The molecule has 25 heavy (non-hydrogen) atoms. The van der Waals surface area contributed by atoms with Crippen molar-refractivity contribution in [3.63, 3.8) is 0 Å². The highest BCUT2D eigenvalue weighted by molar-refractivity contribution is 7.89. The topological polar surface area (TPSA) is 58.6 Å². The first kappa shape index (κ1) is 17.9. The van der Waals surface area contributed by atoms with Crippen molar-refractivity contribution in [3.05, 3.63) is 60.2 Å². The molecule has 1 aliphatic rings. The van der Waals surface area contributed by atoms with E-state index in [9.17, 15) is 8.42 Å². The lowest BCUT2D eigenvalue weighted by Gasteiger charge is -2.28. The van der Waals surface area contributed by atoms with Gasteiger partial charge >= 0.3 is 0 Å². The lowest BCUT2D eigenvalue weighted by molar-refractivity contribution is 0.246. The summed E-state index contributed by atoms with van der Waals surface area (Å²) >= 11 is 0. The zero-order valence-corrected chi connectivity index (χ0v) is 15.2. The number of hydrogen-bond acceptors (Lipinski definition) is 4. The molecular weight excluding hydrogens is 336 g/mol. The Hall–Kier alpha value is -1.89. The largest absolute Gasteiger partial charge is 0.497 e. The molecule has 0 unspecified atom stereocenters. The normalized spacial score (nSPS) is 16.7. The standard InChI is InChI=1S/C19H24N2O3S/c1-24-17-9-11-18(12-10-17)25(22,23)20-15-19(21-13-5-6-14-21)16-7-3-2-4-8-16/h2-4,7-12,19-20H,5-6,13-15H2,1H3/t19-/m0/s1. The third kappa shape index (κ3) is 4.39. The van der Waals surface area contributed by atoms with Crippen LogP contribution in [0, 0.1) is 0 Å². The second kappa shape index (κ2) is 7.99. The highest BCUT2D eigenvalue weighted by atomic mass is 32.2. The van der Waals surface area contributed by atoms with Gasteiger partial charge in [0.2, 0.25) is 10.0 Å². The lowest BCUT2D eigenvalue weighted by Crippen LogP contribution is -2.36. The van der Waals surface area contributed by atoms with Crippen molar-refractivity contribution in [2.24, 2.45) is 0 Å². The van der Waals surface area contributed by atoms with Crippen molar-refractivity contribution in [2.45, 2.75) is 23.8 Å².